The molecule has 1 aromatic carbocycles. The van der Waals surface area contributed by atoms with Gasteiger partial charge in [-0.3, -0.25) is 4.40 Å². The maximum absolute atomic E-state index is 5.58. The van der Waals surface area contributed by atoms with Crippen LogP contribution < -0.4 is 5.73 Å². The molecule has 23 heavy (non-hydrogen) atoms. The van der Waals surface area contributed by atoms with Crippen LogP contribution in [0.1, 0.15) is 22.6 Å². The summed E-state index contributed by atoms with van der Waals surface area (Å²) in [6.45, 7) is 4.05. The summed E-state index contributed by atoms with van der Waals surface area (Å²) in [5, 5.41) is 0. The quantitative estimate of drug-likeness (QED) is 0.629. The molecule has 0 saturated heterocycles. The van der Waals surface area contributed by atoms with Crippen LogP contribution in [-0.2, 0) is 12.8 Å². The lowest BCUT2D eigenvalue weighted by atomic mass is 10.1. The van der Waals surface area contributed by atoms with Gasteiger partial charge in [0.25, 0.3) is 6.01 Å². The first-order chi connectivity index (χ1) is 11.1. The second-order valence-electron chi connectivity index (χ2n) is 5.74. The molecule has 0 radical (unpaired) electrons. The second kappa shape index (κ2) is 5.08. The smallest absolute Gasteiger partial charge is 0.292 e. The van der Waals surface area contributed by atoms with Gasteiger partial charge in [0.15, 0.2) is 5.58 Å². The molecule has 3 heterocycles. The third-order valence-corrected chi connectivity index (χ3v) is 4.09. The molecule has 0 unspecified atom stereocenters. The van der Waals surface area contributed by atoms with Crippen LogP contribution in [0.25, 0.3) is 16.9 Å². The van der Waals surface area contributed by atoms with Crippen molar-refractivity contribution in [2.45, 2.75) is 26.7 Å². The van der Waals surface area contributed by atoms with Crippen molar-refractivity contribution in [3.8, 4) is 0 Å². The number of hydrogen-bond donors (Lipinski definition) is 1. The van der Waals surface area contributed by atoms with Crippen molar-refractivity contribution in [1.29, 1.82) is 0 Å². The van der Waals surface area contributed by atoms with Crippen molar-refractivity contribution in [3.05, 3.63) is 53.1 Å². The van der Waals surface area contributed by atoms with E-state index in [4.69, 9.17) is 10.2 Å². The highest BCUT2D eigenvalue weighted by Gasteiger charge is 2.10. The van der Waals surface area contributed by atoms with E-state index in [-0.39, 0.29) is 6.01 Å². The van der Waals surface area contributed by atoms with E-state index in [9.17, 15) is 0 Å². The van der Waals surface area contributed by atoms with Gasteiger partial charge in [-0.2, -0.15) is 4.98 Å². The number of aromatic nitrogens is 4. The number of rotatable bonds is 3. The van der Waals surface area contributed by atoms with Gasteiger partial charge in [-0.1, -0.05) is 6.07 Å². The van der Waals surface area contributed by atoms with Crippen LogP contribution in [0.2, 0.25) is 0 Å². The molecule has 6 heteroatoms. The predicted octanol–water partition coefficient (Wildman–Crippen LogP) is 2.85. The highest BCUT2D eigenvalue weighted by Crippen LogP contribution is 2.20. The summed E-state index contributed by atoms with van der Waals surface area (Å²) in [4.78, 5) is 13.2. The molecule has 0 aliphatic rings. The second-order valence-corrected chi connectivity index (χ2v) is 5.74. The molecule has 4 aromatic rings. The van der Waals surface area contributed by atoms with Crippen molar-refractivity contribution in [2.24, 2.45) is 0 Å². The number of imidazole rings is 1. The lowest BCUT2D eigenvalue weighted by Gasteiger charge is -2.01. The molecular weight excluding hydrogens is 290 g/mol. The average Bonchev–Trinajstić information content (AvgIpc) is 3.03. The molecule has 0 aliphatic carbocycles. The Balaban J connectivity index is 1.61. The number of aryl methyl sites for hydroxylation is 4. The molecule has 0 bridgehead atoms. The fraction of sp³-hybridized carbons (Fsp3) is 0.235. The molecule has 0 spiro atoms. The van der Waals surface area contributed by atoms with E-state index >= 15 is 0 Å². The Labute approximate surface area is 133 Å². The largest absolute Gasteiger partial charge is 0.424 e. The fourth-order valence-electron chi connectivity index (χ4n) is 2.82. The molecule has 2 N–H and O–H groups in total. The zero-order valence-corrected chi connectivity index (χ0v) is 13.1. The highest BCUT2D eigenvalue weighted by molar-refractivity contribution is 5.74. The lowest BCUT2D eigenvalue weighted by molar-refractivity contribution is 0.625. The fourth-order valence-corrected chi connectivity index (χ4v) is 2.82. The minimum Gasteiger partial charge on any atom is -0.424 e. The van der Waals surface area contributed by atoms with E-state index in [1.165, 1.54) is 5.56 Å². The summed E-state index contributed by atoms with van der Waals surface area (Å²) >= 11 is 0. The lowest BCUT2D eigenvalue weighted by Crippen LogP contribution is -1.95. The van der Waals surface area contributed by atoms with Crippen molar-refractivity contribution >= 4 is 22.9 Å². The normalized spacial score (nSPS) is 11.6. The molecular formula is C17H17N5O. The van der Waals surface area contributed by atoms with Crippen LogP contribution in [0.4, 0.5) is 6.01 Å². The standard InChI is InChI=1S/C17H17N5O/c1-10-7-8-22-11(2)13(21-17(22)19-10)5-3-12-4-6-14-15(9-12)23-16(18)20-14/h4,6-9H,3,5H2,1-2H3,(H2,18,20). The predicted molar refractivity (Wildman–Crippen MR) is 88.3 cm³/mol. The Kier molecular flexibility index (Phi) is 3.04. The van der Waals surface area contributed by atoms with Crippen LogP contribution in [0.15, 0.2) is 34.9 Å². The van der Waals surface area contributed by atoms with Gasteiger partial charge in [0.1, 0.15) is 5.52 Å². The Bertz CT molecular complexity index is 1010. The summed E-state index contributed by atoms with van der Waals surface area (Å²) in [6, 6.07) is 8.18. The molecule has 4 rings (SSSR count). The van der Waals surface area contributed by atoms with Gasteiger partial charge in [0.2, 0.25) is 5.78 Å². The molecule has 0 saturated carbocycles. The number of fused-ring (bicyclic) bond motifs is 2. The first-order valence-corrected chi connectivity index (χ1v) is 7.56. The van der Waals surface area contributed by atoms with E-state index in [0.29, 0.717) is 0 Å². The van der Waals surface area contributed by atoms with E-state index in [1.54, 1.807) is 0 Å². The topological polar surface area (TPSA) is 82.2 Å². The van der Waals surface area contributed by atoms with Crippen molar-refractivity contribution in [1.82, 2.24) is 19.4 Å². The molecule has 3 aromatic heterocycles. The molecule has 6 nitrogen and oxygen atoms in total. The van der Waals surface area contributed by atoms with Crippen LogP contribution in [0, 0.1) is 13.8 Å². The summed E-state index contributed by atoms with van der Waals surface area (Å²) in [5.41, 5.74) is 11.5. The number of nitrogens with two attached hydrogens (primary N) is 1. The van der Waals surface area contributed by atoms with Crippen molar-refractivity contribution < 1.29 is 4.42 Å². The van der Waals surface area contributed by atoms with Gasteiger partial charge in [-0.05, 0) is 50.5 Å². The summed E-state index contributed by atoms with van der Waals surface area (Å²) in [5.74, 6) is 0.760. The maximum Gasteiger partial charge on any atom is 0.292 e. The number of hydrogen-bond acceptors (Lipinski definition) is 5. The number of nitrogens with zero attached hydrogens (tertiary/aromatic N) is 4. The van der Waals surface area contributed by atoms with Crippen LogP contribution >= 0.6 is 0 Å². The van der Waals surface area contributed by atoms with Gasteiger partial charge >= 0.3 is 0 Å². The van der Waals surface area contributed by atoms with E-state index in [0.717, 1.165) is 46.8 Å². The SMILES string of the molecule is Cc1ccn2c(C)c(CCc3ccc4nc(N)oc4c3)nc2n1. The number of nitrogen functional groups attached to an aromatic ring is 1. The zero-order valence-electron chi connectivity index (χ0n) is 13.1. The molecule has 116 valence electrons. The van der Waals surface area contributed by atoms with Crippen molar-refractivity contribution in [2.75, 3.05) is 5.73 Å². The summed E-state index contributed by atoms with van der Waals surface area (Å²) < 4.78 is 7.41. The number of oxazole rings is 1. The van der Waals surface area contributed by atoms with Crippen LogP contribution in [0.5, 0.6) is 0 Å². The third-order valence-electron chi connectivity index (χ3n) is 4.09. The van der Waals surface area contributed by atoms with Crippen molar-refractivity contribution in [3.63, 3.8) is 0 Å². The van der Waals surface area contributed by atoms with Crippen LogP contribution in [-0.4, -0.2) is 19.4 Å². The molecule has 0 aliphatic heterocycles. The zero-order chi connectivity index (χ0) is 16.0. The third kappa shape index (κ3) is 2.42. The summed E-state index contributed by atoms with van der Waals surface area (Å²) in [6.07, 6.45) is 3.75. The Hall–Kier alpha value is -2.89. The highest BCUT2D eigenvalue weighted by atomic mass is 16.4. The summed E-state index contributed by atoms with van der Waals surface area (Å²) in [7, 11) is 0. The van der Waals surface area contributed by atoms with E-state index in [2.05, 4.69) is 27.9 Å². The Morgan fingerprint density at radius 1 is 1.09 bits per heavy atom. The Morgan fingerprint density at radius 3 is 2.83 bits per heavy atom. The average molecular weight is 307 g/mol. The number of anilines is 1. The monoisotopic (exact) mass is 307 g/mol. The van der Waals surface area contributed by atoms with Gasteiger partial charge in [-0.15, -0.1) is 0 Å². The minimum atomic E-state index is 0.204. The van der Waals surface area contributed by atoms with Gasteiger partial charge in [0, 0.05) is 17.6 Å². The Morgan fingerprint density at radius 2 is 1.96 bits per heavy atom. The number of benzene rings is 1. The first-order valence-electron chi connectivity index (χ1n) is 7.56. The molecule has 0 atom stereocenters. The van der Waals surface area contributed by atoms with Crippen LogP contribution in [0.3, 0.4) is 0 Å². The van der Waals surface area contributed by atoms with E-state index in [1.807, 2.05) is 35.7 Å². The minimum absolute atomic E-state index is 0.204. The molecule has 0 fully saturated rings. The van der Waals surface area contributed by atoms with Gasteiger partial charge in [0.05, 0.1) is 5.69 Å². The first kappa shape index (κ1) is 13.8. The van der Waals surface area contributed by atoms with Gasteiger partial charge in [-0.25, -0.2) is 9.97 Å². The van der Waals surface area contributed by atoms with E-state index < -0.39 is 0 Å². The molecule has 0 amide bonds. The maximum atomic E-state index is 5.58. The van der Waals surface area contributed by atoms with Gasteiger partial charge < -0.3 is 10.2 Å².